The van der Waals surface area contributed by atoms with E-state index in [1.165, 1.54) is 17.2 Å². The zero-order valence-corrected chi connectivity index (χ0v) is 6.81. The summed E-state index contributed by atoms with van der Waals surface area (Å²) in [6, 6.07) is 0. The monoisotopic (exact) mass is 192 g/mol. The van der Waals surface area contributed by atoms with Crippen LogP contribution in [-0.2, 0) is 0 Å². The molecule has 0 amide bonds. The van der Waals surface area contributed by atoms with Gasteiger partial charge < -0.3 is 0 Å². The molecule has 0 spiro atoms. The molecule has 0 unspecified atom stereocenters. The quantitative estimate of drug-likeness (QED) is 0.489. The molecule has 2 rings (SSSR count). The molecule has 0 saturated carbocycles. The molecule has 0 aliphatic heterocycles. The van der Waals surface area contributed by atoms with Gasteiger partial charge in [0.25, 0.3) is 0 Å². The molecule has 0 aliphatic carbocycles. The minimum absolute atomic E-state index is 0.151. The molecule has 8 nitrogen and oxygen atoms in total. The molecule has 2 aromatic heterocycles. The van der Waals surface area contributed by atoms with Crippen LogP contribution in [0, 0.1) is 10.1 Å². The van der Waals surface area contributed by atoms with Gasteiger partial charge in [0.05, 0.1) is 4.92 Å². The van der Waals surface area contributed by atoms with Crippen molar-refractivity contribution in [3.63, 3.8) is 0 Å². The maximum Gasteiger partial charge on any atom is 0.305 e. The van der Waals surface area contributed by atoms with E-state index < -0.39 is 4.92 Å². The van der Waals surface area contributed by atoms with Crippen molar-refractivity contribution < 1.29 is 4.92 Å². The Kier molecular flexibility index (Phi) is 1.86. The Balaban J connectivity index is 2.36. The molecule has 8 heteroatoms. The average molecular weight is 192 g/mol. The van der Waals surface area contributed by atoms with Gasteiger partial charge in [0.2, 0.25) is 5.95 Å². The van der Waals surface area contributed by atoms with Crippen LogP contribution < -0.4 is 0 Å². The van der Waals surface area contributed by atoms with Crippen molar-refractivity contribution in [2.75, 3.05) is 0 Å². The minimum atomic E-state index is -0.560. The fourth-order valence-corrected chi connectivity index (χ4v) is 0.846. The number of rotatable bonds is 2. The Morgan fingerprint density at radius 2 is 1.79 bits per heavy atom. The highest BCUT2D eigenvalue weighted by Gasteiger charge is 2.07. The van der Waals surface area contributed by atoms with Crippen LogP contribution in [0.1, 0.15) is 0 Å². The molecule has 0 radical (unpaired) electrons. The number of hydrogen-bond acceptors (Lipinski definition) is 6. The average Bonchev–Trinajstić information content (AvgIpc) is 2.71. The van der Waals surface area contributed by atoms with Gasteiger partial charge >= 0.3 is 5.69 Å². The molecule has 0 aliphatic rings. The lowest BCUT2D eigenvalue weighted by Gasteiger charge is -1.96. The lowest BCUT2D eigenvalue weighted by atomic mass is 10.5. The van der Waals surface area contributed by atoms with E-state index in [4.69, 9.17) is 0 Å². The lowest BCUT2D eigenvalue weighted by Crippen LogP contribution is -1.99. The fraction of sp³-hybridized carbons (Fsp3) is 0. The highest BCUT2D eigenvalue weighted by Crippen LogP contribution is 2.07. The van der Waals surface area contributed by atoms with E-state index in [-0.39, 0.29) is 5.69 Å². The van der Waals surface area contributed by atoms with Crippen molar-refractivity contribution in [2.24, 2.45) is 0 Å². The zero-order chi connectivity index (χ0) is 9.97. The van der Waals surface area contributed by atoms with Gasteiger partial charge in [0, 0.05) is 0 Å². The van der Waals surface area contributed by atoms with Crippen LogP contribution in [0.15, 0.2) is 25.0 Å². The minimum Gasteiger partial charge on any atom is -0.258 e. The van der Waals surface area contributed by atoms with Gasteiger partial charge in [-0.15, -0.1) is 10.2 Å². The number of hydrogen-bond donors (Lipinski definition) is 0. The second-order valence-corrected chi connectivity index (χ2v) is 2.37. The maximum absolute atomic E-state index is 10.3. The van der Waals surface area contributed by atoms with E-state index in [0.29, 0.717) is 5.95 Å². The summed E-state index contributed by atoms with van der Waals surface area (Å²) in [7, 11) is 0. The number of nitro groups is 1. The molecular weight excluding hydrogens is 188 g/mol. The smallest absolute Gasteiger partial charge is 0.258 e. The molecule has 2 heterocycles. The molecule has 14 heavy (non-hydrogen) atoms. The lowest BCUT2D eigenvalue weighted by molar-refractivity contribution is -0.385. The number of nitrogens with zero attached hydrogens (tertiary/aromatic N) is 6. The Labute approximate surface area is 77.4 Å². The summed E-state index contributed by atoms with van der Waals surface area (Å²) in [6.45, 7) is 0. The van der Waals surface area contributed by atoms with E-state index >= 15 is 0 Å². The second kappa shape index (κ2) is 3.17. The van der Waals surface area contributed by atoms with Crippen molar-refractivity contribution in [1.29, 1.82) is 0 Å². The SMILES string of the molecule is O=[N+]([O-])c1cnc(-n2cnnc2)nc1. The van der Waals surface area contributed by atoms with Gasteiger partial charge in [-0.3, -0.25) is 14.7 Å². The third-order valence-corrected chi connectivity index (χ3v) is 1.49. The topological polar surface area (TPSA) is 99.6 Å². The van der Waals surface area contributed by atoms with E-state index in [0.717, 1.165) is 12.4 Å². The van der Waals surface area contributed by atoms with Gasteiger partial charge in [-0.25, -0.2) is 9.97 Å². The maximum atomic E-state index is 10.3. The third kappa shape index (κ3) is 1.40. The largest absolute Gasteiger partial charge is 0.305 e. The van der Waals surface area contributed by atoms with Gasteiger partial charge in [0.15, 0.2) is 0 Å². The first-order valence-electron chi connectivity index (χ1n) is 3.59. The van der Waals surface area contributed by atoms with Crippen LogP contribution in [0.4, 0.5) is 5.69 Å². The van der Waals surface area contributed by atoms with Crippen LogP contribution in [0.3, 0.4) is 0 Å². The first-order valence-corrected chi connectivity index (χ1v) is 3.59. The van der Waals surface area contributed by atoms with Gasteiger partial charge in [-0.1, -0.05) is 0 Å². The molecule has 0 bridgehead atoms. The Morgan fingerprint density at radius 1 is 1.21 bits per heavy atom. The van der Waals surface area contributed by atoms with Crippen LogP contribution >= 0.6 is 0 Å². The van der Waals surface area contributed by atoms with Gasteiger partial charge in [-0.2, -0.15) is 0 Å². The summed E-state index contributed by atoms with van der Waals surface area (Å²) in [5, 5.41) is 17.4. The normalized spacial score (nSPS) is 10.0. The summed E-state index contributed by atoms with van der Waals surface area (Å²) in [5.41, 5.74) is -0.151. The van der Waals surface area contributed by atoms with Crippen molar-refractivity contribution in [3.05, 3.63) is 35.2 Å². The first kappa shape index (κ1) is 8.23. The van der Waals surface area contributed by atoms with Crippen LogP contribution in [0.5, 0.6) is 0 Å². The fourth-order valence-electron chi connectivity index (χ4n) is 0.846. The Morgan fingerprint density at radius 3 is 2.29 bits per heavy atom. The highest BCUT2D eigenvalue weighted by molar-refractivity contribution is 5.24. The van der Waals surface area contributed by atoms with Crippen LogP contribution in [0.25, 0.3) is 5.95 Å². The summed E-state index contributed by atoms with van der Waals surface area (Å²) < 4.78 is 1.45. The van der Waals surface area contributed by atoms with Crippen LogP contribution in [0.2, 0.25) is 0 Å². The van der Waals surface area contributed by atoms with Crippen molar-refractivity contribution >= 4 is 5.69 Å². The summed E-state index contributed by atoms with van der Waals surface area (Å²) in [5.74, 6) is 0.292. The molecule has 70 valence electrons. The molecule has 2 aromatic rings. The highest BCUT2D eigenvalue weighted by atomic mass is 16.6. The first-order chi connectivity index (χ1) is 6.77. The van der Waals surface area contributed by atoms with Crippen molar-refractivity contribution in [2.45, 2.75) is 0 Å². The standard InChI is InChI=1S/C6H4N6O2/c13-12(14)5-1-7-6(8-2-5)11-3-9-10-4-11/h1-4H. The molecule has 0 saturated heterocycles. The van der Waals surface area contributed by atoms with E-state index in [1.54, 1.807) is 0 Å². The van der Waals surface area contributed by atoms with E-state index in [1.807, 2.05) is 0 Å². The van der Waals surface area contributed by atoms with Crippen molar-refractivity contribution in [3.8, 4) is 5.95 Å². The zero-order valence-electron chi connectivity index (χ0n) is 6.81. The third-order valence-electron chi connectivity index (χ3n) is 1.49. The molecule has 0 N–H and O–H groups in total. The van der Waals surface area contributed by atoms with Gasteiger partial charge in [-0.05, 0) is 0 Å². The summed E-state index contributed by atoms with van der Waals surface area (Å²) in [6.07, 6.45) is 5.06. The molecule has 0 atom stereocenters. The predicted molar refractivity (Wildman–Crippen MR) is 43.6 cm³/mol. The Bertz CT molecular complexity index is 436. The number of aromatic nitrogens is 5. The van der Waals surface area contributed by atoms with Crippen LogP contribution in [-0.4, -0.2) is 29.7 Å². The van der Waals surface area contributed by atoms with E-state index in [9.17, 15) is 10.1 Å². The van der Waals surface area contributed by atoms with Crippen molar-refractivity contribution in [1.82, 2.24) is 24.7 Å². The molecule has 0 fully saturated rings. The summed E-state index contributed by atoms with van der Waals surface area (Å²) in [4.78, 5) is 17.3. The predicted octanol–water partition coefficient (Wildman–Crippen LogP) is -0.0345. The molecular formula is C6H4N6O2. The van der Waals surface area contributed by atoms with Gasteiger partial charge in [0.1, 0.15) is 25.0 Å². The second-order valence-electron chi connectivity index (χ2n) is 2.37. The van der Waals surface area contributed by atoms with E-state index in [2.05, 4.69) is 20.2 Å². The summed E-state index contributed by atoms with van der Waals surface area (Å²) >= 11 is 0. The molecule has 0 aromatic carbocycles. The Hall–Kier alpha value is -2.38.